The summed E-state index contributed by atoms with van der Waals surface area (Å²) in [5.41, 5.74) is -0.491. The maximum absolute atomic E-state index is 12.9. The van der Waals surface area contributed by atoms with Crippen LogP contribution in [0.25, 0.3) is 0 Å². The summed E-state index contributed by atoms with van der Waals surface area (Å²) in [6, 6.07) is 14.2. The van der Waals surface area contributed by atoms with Gasteiger partial charge in [0.1, 0.15) is 11.5 Å². The predicted octanol–water partition coefficient (Wildman–Crippen LogP) is 7.32. The molecule has 0 aliphatic heterocycles. The molecule has 32 heavy (non-hydrogen) atoms. The maximum atomic E-state index is 12.9. The predicted molar refractivity (Wildman–Crippen MR) is 117 cm³/mol. The summed E-state index contributed by atoms with van der Waals surface area (Å²) in [5.74, 6) is 0.638. The van der Waals surface area contributed by atoms with Crippen LogP contribution in [0, 0.1) is 10.1 Å². The highest BCUT2D eigenvalue weighted by Gasteiger charge is 2.33. The van der Waals surface area contributed by atoms with Crippen molar-refractivity contribution in [1.29, 1.82) is 0 Å². The van der Waals surface area contributed by atoms with Crippen LogP contribution in [-0.2, 0) is 6.18 Å². The first-order valence-electron chi connectivity index (χ1n) is 9.27. The average Bonchev–Trinajstić information content (AvgIpc) is 2.74. The molecule has 0 unspecified atom stereocenters. The van der Waals surface area contributed by atoms with Crippen molar-refractivity contribution < 1.29 is 27.6 Å². The molecule has 0 saturated carbocycles. The monoisotopic (exact) mass is 508 g/mol. The topological polar surface area (TPSA) is 74.0 Å². The summed E-state index contributed by atoms with van der Waals surface area (Å²) in [4.78, 5) is 14.7. The number of nitro groups is 1. The zero-order chi connectivity index (χ0) is 23.3. The van der Waals surface area contributed by atoms with E-state index in [4.69, 9.17) is 9.47 Å². The van der Waals surface area contributed by atoms with Crippen LogP contribution in [0.15, 0.2) is 70.1 Å². The van der Waals surface area contributed by atoms with Crippen LogP contribution < -0.4 is 9.47 Å². The first-order chi connectivity index (χ1) is 15.2. The van der Waals surface area contributed by atoms with E-state index in [0.29, 0.717) is 28.4 Å². The van der Waals surface area contributed by atoms with Crippen molar-refractivity contribution >= 4 is 33.5 Å². The van der Waals surface area contributed by atoms with Gasteiger partial charge in [-0.05, 0) is 83.0 Å². The van der Waals surface area contributed by atoms with Crippen molar-refractivity contribution in [1.82, 2.24) is 0 Å². The first-order valence-corrected chi connectivity index (χ1v) is 10.1. The van der Waals surface area contributed by atoms with E-state index in [0.717, 1.165) is 17.9 Å². The Labute approximate surface area is 189 Å². The number of hydrogen-bond acceptors (Lipinski definition) is 5. The fourth-order valence-electron chi connectivity index (χ4n) is 2.67. The van der Waals surface area contributed by atoms with Gasteiger partial charge in [-0.1, -0.05) is 0 Å². The summed E-state index contributed by atoms with van der Waals surface area (Å²) in [6.07, 6.45) is -3.08. The van der Waals surface area contributed by atoms with Crippen molar-refractivity contribution in [2.45, 2.75) is 13.1 Å². The lowest BCUT2D eigenvalue weighted by atomic mass is 10.2. The molecule has 0 aliphatic rings. The number of nitrogens with zero attached hydrogens (tertiary/aromatic N) is 2. The average molecular weight is 509 g/mol. The molecule has 0 aromatic heterocycles. The van der Waals surface area contributed by atoms with Crippen molar-refractivity contribution in [3.8, 4) is 17.2 Å². The van der Waals surface area contributed by atoms with E-state index >= 15 is 0 Å². The Morgan fingerprint density at radius 1 is 1.06 bits per heavy atom. The number of hydrogen-bond donors (Lipinski definition) is 0. The molecule has 0 bridgehead atoms. The zero-order valence-corrected chi connectivity index (χ0v) is 18.2. The molecule has 0 saturated heterocycles. The van der Waals surface area contributed by atoms with Crippen molar-refractivity contribution in [3.63, 3.8) is 0 Å². The van der Waals surface area contributed by atoms with Crippen molar-refractivity contribution in [3.05, 3.63) is 86.4 Å². The molecule has 0 fully saturated rings. The van der Waals surface area contributed by atoms with Crippen molar-refractivity contribution in [2.24, 2.45) is 4.99 Å². The minimum Gasteiger partial charge on any atom is -0.494 e. The van der Waals surface area contributed by atoms with Crippen LogP contribution in [0.1, 0.15) is 18.1 Å². The van der Waals surface area contributed by atoms with Gasteiger partial charge in [-0.3, -0.25) is 15.1 Å². The van der Waals surface area contributed by atoms with E-state index in [1.54, 1.807) is 42.6 Å². The second-order valence-electron chi connectivity index (χ2n) is 6.41. The quantitative estimate of drug-likeness (QED) is 0.190. The second kappa shape index (κ2) is 9.82. The Kier molecular flexibility index (Phi) is 7.14. The standard InChI is InChI=1S/C22H16BrF3N2O4/c1-2-31-17-7-5-16(6-8-17)27-13-14-3-9-20(18(23)11-14)32-21-10-4-15(22(24,25)26)12-19(21)28(29)30/h3-13H,2H2,1H3. The summed E-state index contributed by atoms with van der Waals surface area (Å²) in [6.45, 7) is 2.47. The first kappa shape index (κ1) is 23.3. The summed E-state index contributed by atoms with van der Waals surface area (Å²) < 4.78 is 49.9. The largest absolute Gasteiger partial charge is 0.494 e. The van der Waals surface area contributed by atoms with Crippen molar-refractivity contribution in [2.75, 3.05) is 6.61 Å². The maximum Gasteiger partial charge on any atom is 0.416 e. The van der Waals surface area contributed by atoms with Crippen LogP contribution in [0.2, 0.25) is 0 Å². The van der Waals surface area contributed by atoms with E-state index in [1.165, 1.54) is 6.07 Å². The molecule has 0 N–H and O–H groups in total. The Morgan fingerprint density at radius 3 is 2.34 bits per heavy atom. The molecule has 0 aliphatic carbocycles. The fourth-order valence-corrected chi connectivity index (χ4v) is 3.14. The normalized spacial score (nSPS) is 11.5. The van der Waals surface area contributed by atoms with Gasteiger partial charge in [0.05, 0.1) is 27.3 Å². The highest BCUT2D eigenvalue weighted by atomic mass is 79.9. The van der Waals surface area contributed by atoms with Gasteiger partial charge in [0.25, 0.3) is 0 Å². The van der Waals surface area contributed by atoms with Gasteiger partial charge in [0, 0.05) is 12.3 Å². The molecular formula is C22H16BrF3N2O4. The second-order valence-corrected chi connectivity index (χ2v) is 7.27. The molecule has 10 heteroatoms. The molecule has 3 aromatic carbocycles. The molecule has 0 amide bonds. The smallest absolute Gasteiger partial charge is 0.416 e. The number of halogens is 4. The lowest BCUT2D eigenvalue weighted by Gasteiger charge is -2.11. The van der Waals surface area contributed by atoms with E-state index in [-0.39, 0.29) is 11.5 Å². The number of benzene rings is 3. The van der Waals surface area contributed by atoms with Gasteiger partial charge in [0.2, 0.25) is 5.75 Å². The number of rotatable bonds is 7. The lowest BCUT2D eigenvalue weighted by molar-refractivity contribution is -0.385. The Morgan fingerprint density at radius 2 is 1.75 bits per heavy atom. The Balaban J connectivity index is 1.79. The number of ether oxygens (including phenoxy) is 2. The van der Waals surface area contributed by atoms with Gasteiger partial charge >= 0.3 is 11.9 Å². The van der Waals surface area contributed by atoms with E-state index < -0.39 is 22.4 Å². The molecule has 166 valence electrons. The number of alkyl halides is 3. The van der Waals surface area contributed by atoms with Gasteiger partial charge < -0.3 is 9.47 Å². The SMILES string of the molecule is CCOc1ccc(N=Cc2ccc(Oc3ccc(C(F)(F)F)cc3[N+](=O)[O-])c(Br)c2)cc1. The molecule has 3 rings (SSSR count). The van der Waals surface area contributed by atoms with Gasteiger partial charge in [-0.2, -0.15) is 13.2 Å². The lowest BCUT2D eigenvalue weighted by Crippen LogP contribution is -2.06. The Hall–Kier alpha value is -3.40. The molecule has 3 aromatic rings. The molecule has 0 heterocycles. The molecule has 0 spiro atoms. The summed E-state index contributed by atoms with van der Waals surface area (Å²) in [5, 5.41) is 11.2. The van der Waals surface area contributed by atoms with E-state index in [2.05, 4.69) is 20.9 Å². The number of aliphatic imine (C=N–C) groups is 1. The van der Waals surface area contributed by atoms with E-state index in [9.17, 15) is 23.3 Å². The van der Waals surface area contributed by atoms with Gasteiger partial charge in [-0.15, -0.1) is 0 Å². The highest BCUT2D eigenvalue weighted by Crippen LogP contribution is 2.39. The van der Waals surface area contributed by atoms with Crippen LogP contribution in [0.5, 0.6) is 17.2 Å². The molecule has 6 nitrogen and oxygen atoms in total. The van der Waals surface area contributed by atoms with Gasteiger partial charge in [0.15, 0.2) is 0 Å². The van der Waals surface area contributed by atoms with Gasteiger partial charge in [-0.25, -0.2) is 0 Å². The van der Waals surface area contributed by atoms with Crippen LogP contribution in [0.4, 0.5) is 24.5 Å². The molecule has 0 radical (unpaired) electrons. The molecule has 0 atom stereocenters. The summed E-state index contributed by atoms with van der Waals surface area (Å²) >= 11 is 3.31. The highest BCUT2D eigenvalue weighted by molar-refractivity contribution is 9.10. The third kappa shape index (κ3) is 5.85. The minimum atomic E-state index is -4.70. The zero-order valence-electron chi connectivity index (χ0n) is 16.6. The third-order valence-corrected chi connectivity index (χ3v) is 4.79. The van der Waals surface area contributed by atoms with Crippen LogP contribution >= 0.6 is 15.9 Å². The van der Waals surface area contributed by atoms with Crippen LogP contribution in [-0.4, -0.2) is 17.7 Å². The fraction of sp³-hybridized carbons (Fsp3) is 0.136. The summed E-state index contributed by atoms with van der Waals surface area (Å²) in [7, 11) is 0. The van der Waals surface area contributed by atoms with Crippen LogP contribution in [0.3, 0.4) is 0 Å². The molecular weight excluding hydrogens is 493 g/mol. The Bertz CT molecular complexity index is 1150. The third-order valence-electron chi connectivity index (χ3n) is 4.17. The van der Waals surface area contributed by atoms with E-state index in [1.807, 2.05) is 6.92 Å². The minimum absolute atomic E-state index is 0.200. The number of nitro benzene ring substituents is 1.